The normalized spacial score (nSPS) is 21.5. The molecule has 1 nitrogen and oxygen atoms in total. The zero-order valence-corrected chi connectivity index (χ0v) is 12.8. The van der Waals surface area contributed by atoms with Crippen molar-refractivity contribution in [2.45, 2.75) is 32.2 Å². The van der Waals surface area contributed by atoms with Crippen LogP contribution in [0.5, 0.6) is 0 Å². The molecule has 1 saturated carbocycles. The summed E-state index contributed by atoms with van der Waals surface area (Å²) in [6, 6.07) is 3.83. The lowest BCUT2D eigenvalue weighted by molar-refractivity contribution is 0.0333. The number of nitrogens with zero attached hydrogens (tertiary/aromatic N) is 1. The third-order valence-corrected chi connectivity index (χ3v) is 5.37. The molecule has 0 aromatic heterocycles. The monoisotopic (exact) mass is 349 g/mol. The number of alkyl halides is 2. The molecule has 0 radical (unpaired) electrons. The van der Waals surface area contributed by atoms with Crippen molar-refractivity contribution in [3.8, 4) is 0 Å². The Labute approximate surface area is 125 Å². The molecular weight excluding hydrogens is 336 g/mol. The van der Waals surface area contributed by atoms with Crippen LogP contribution in [0, 0.1) is 5.41 Å². The molecule has 0 saturated heterocycles. The predicted octanol–water partition coefficient (Wildman–Crippen LogP) is 4.51. The summed E-state index contributed by atoms with van der Waals surface area (Å²) < 4.78 is 27.1. The van der Waals surface area contributed by atoms with Crippen LogP contribution in [0.25, 0.3) is 0 Å². The van der Waals surface area contributed by atoms with Gasteiger partial charge in [0.2, 0.25) is 6.43 Å². The van der Waals surface area contributed by atoms with Crippen LogP contribution in [0.1, 0.15) is 24.0 Å². The van der Waals surface area contributed by atoms with E-state index in [4.69, 9.17) is 11.6 Å². The molecule has 1 heterocycles. The van der Waals surface area contributed by atoms with Crippen LogP contribution in [0.15, 0.2) is 16.6 Å². The molecule has 3 rings (SSSR count). The summed E-state index contributed by atoms with van der Waals surface area (Å²) in [5.41, 5.74) is 1.58. The third-order valence-electron chi connectivity index (χ3n) is 4.27. The molecule has 1 aromatic rings. The van der Waals surface area contributed by atoms with Crippen LogP contribution in [-0.4, -0.2) is 24.4 Å². The molecule has 19 heavy (non-hydrogen) atoms. The van der Waals surface area contributed by atoms with Gasteiger partial charge in [0.25, 0.3) is 0 Å². The largest absolute Gasteiger partial charge is 0.298 e. The van der Waals surface area contributed by atoms with Crippen LogP contribution in [0.3, 0.4) is 0 Å². The van der Waals surface area contributed by atoms with E-state index in [-0.39, 0.29) is 0 Å². The number of hydrogen-bond donors (Lipinski definition) is 0. The van der Waals surface area contributed by atoms with Gasteiger partial charge in [-0.1, -0.05) is 27.5 Å². The van der Waals surface area contributed by atoms with Gasteiger partial charge in [0.15, 0.2) is 0 Å². The quantitative estimate of drug-likeness (QED) is 0.775. The summed E-state index contributed by atoms with van der Waals surface area (Å²) in [5.74, 6) is 0. The van der Waals surface area contributed by atoms with E-state index in [0.717, 1.165) is 28.0 Å². The molecule has 1 aliphatic carbocycles. The maximum atomic E-state index is 13.0. The predicted molar refractivity (Wildman–Crippen MR) is 75.8 cm³/mol. The highest BCUT2D eigenvalue weighted by Crippen LogP contribution is 2.51. The molecule has 0 unspecified atom stereocenters. The molecule has 1 aromatic carbocycles. The number of benzene rings is 1. The minimum Gasteiger partial charge on any atom is -0.298 e. The topological polar surface area (TPSA) is 3.24 Å². The van der Waals surface area contributed by atoms with Crippen LogP contribution in [-0.2, 0) is 13.0 Å². The van der Waals surface area contributed by atoms with Gasteiger partial charge in [-0.15, -0.1) is 0 Å². The number of halogens is 4. The summed E-state index contributed by atoms with van der Waals surface area (Å²) in [5, 5.41) is 0.741. The minimum atomic E-state index is -2.20. The van der Waals surface area contributed by atoms with E-state index in [1.54, 1.807) is 0 Å². The Bertz CT molecular complexity index is 502. The van der Waals surface area contributed by atoms with Crippen molar-refractivity contribution < 1.29 is 8.78 Å². The van der Waals surface area contributed by atoms with Crippen LogP contribution < -0.4 is 0 Å². The van der Waals surface area contributed by atoms with Crippen molar-refractivity contribution in [2.75, 3.05) is 13.1 Å². The first-order valence-electron chi connectivity index (χ1n) is 6.48. The Balaban J connectivity index is 1.78. The molecule has 1 aliphatic heterocycles. The molecule has 0 spiro atoms. The lowest BCUT2D eigenvalue weighted by Crippen LogP contribution is -2.37. The van der Waals surface area contributed by atoms with Crippen molar-refractivity contribution >= 4 is 27.5 Å². The van der Waals surface area contributed by atoms with Gasteiger partial charge in [0.1, 0.15) is 0 Å². The fraction of sp³-hybridized carbons (Fsp3) is 0.571. The SMILES string of the molecule is FC(F)C1(CN2CCc3c(Br)ccc(Cl)c3C2)CC1. The Morgan fingerprint density at radius 3 is 2.68 bits per heavy atom. The van der Waals surface area contributed by atoms with E-state index < -0.39 is 11.8 Å². The van der Waals surface area contributed by atoms with E-state index >= 15 is 0 Å². The molecule has 2 aliphatic rings. The molecule has 0 amide bonds. The molecule has 0 atom stereocenters. The molecule has 0 N–H and O–H groups in total. The van der Waals surface area contributed by atoms with Gasteiger partial charge >= 0.3 is 0 Å². The average Bonchev–Trinajstić information content (AvgIpc) is 3.15. The highest BCUT2D eigenvalue weighted by atomic mass is 79.9. The highest BCUT2D eigenvalue weighted by Gasteiger charge is 2.52. The second-order valence-electron chi connectivity index (χ2n) is 5.61. The van der Waals surface area contributed by atoms with Gasteiger partial charge in [-0.3, -0.25) is 4.90 Å². The number of rotatable bonds is 3. The van der Waals surface area contributed by atoms with Crippen molar-refractivity contribution in [1.29, 1.82) is 0 Å². The van der Waals surface area contributed by atoms with Gasteiger partial charge < -0.3 is 0 Å². The summed E-state index contributed by atoms with van der Waals surface area (Å²) in [6.45, 7) is 2.01. The van der Waals surface area contributed by atoms with Crippen molar-refractivity contribution in [2.24, 2.45) is 5.41 Å². The fourth-order valence-electron chi connectivity index (χ4n) is 2.84. The highest BCUT2D eigenvalue weighted by molar-refractivity contribution is 9.10. The molecule has 5 heteroatoms. The van der Waals surface area contributed by atoms with E-state index in [9.17, 15) is 8.78 Å². The number of hydrogen-bond acceptors (Lipinski definition) is 1. The molecular formula is C14H15BrClF2N. The van der Waals surface area contributed by atoms with Crippen LogP contribution >= 0.6 is 27.5 Å². The smallest absolute Gasteiger partial charge is 0.245 e. The number of fused-ring (bicyclic) bond motifs is 1. The lowest BCUT2D eigenvalue weighted by Gasteiger charge is -2.32. The lowest BCUT2D eigenvalue weighted by atomic mass is 9.98. The van der Waals surface area contributed by atoms with Gasteiger partial charge in [-0.25, -0.2) is 8.78 Å². The van der Waals surface area contributed by atoms with Crippen molar-refractivity contribution in [1.82, 2.24) is 4.90 Å². The summed E-state index contributed by atoms with van der Waals surface area (Å²) in [4.78, 5) is 2.12. The maximum absolute atomic E-state index is 13.0. The minimum absolute atomic E-state index is 0.493. The van der Waals surface area contributed by atoms with Gasteiger partial charge in [0, 0.05) is 34.5 Å². The first kappa shape index (κ1) is 13.8. The second kappa shape index (κ2) is 4.97. The maximum Gasteiger partial charge on any atom is 0.245 e. The zero-order valence-electron chi connectivity index (χ0n) is 10.4. The molecule has 1 fully saturated rings. The molecule has 0 bridgehead atoms. The Morgan fingerprint density at radius 2 is 2.05 bits per heavy atom. The fourth-order valence-corrected chi connectivity index (χ4v) is 3.64. The third kappa shape index (κ3) is 2.55. The van der Waals surface area contributed by atoms with E-state index in [0.29, 0.717) is 25.9 Å². The first-order chi connectivity index (χ1) is 9.02. The van der Waals surface area contributed by atoms with Crippen LogP contribution in [0.2, 0.25) is 5.02 Å². The first-order valence-corrected chi connectivity index (χ1v) is 7.65. The van der Waals surface area contributed by atoms with Gasteiger partial charge in [-0.05, 0) is 42.5 Å². The van der Waals surface area contributed by atoms with Gasteiger partial charge in [-0.2, -0.15) is 0 Å². The summed E-state index contributed by atoms with van der Waals surface area (Å²) in [7, 11) is 0. The second-order valence-corrected chi connectivity index (χ2v) is 6.87. The summed E-state index contributed by atoms with van der Waals surface area (Å²) >= 11 is 9.77. The van der Waals surface area contributed by atoms with Crippen molar-refractivity contribution in [3.05, 3.63) is 32.8 Å². The van der Waals surface area contributed by atoms with Crippen molar-refractivity contribution in [3.63, 3.8) is 0 Å². The Morgan fingerprint density at radius 1 is 1.32 bits per heavy atom. The summed E-state index contributed by atoms with van der Waals surface area (Å²) in [6.07, 6.45) is -0.0251. The van der Waals surface area contributed by atoms with Crippen LogP contribution in [0.4, 0.5) is 8.78 Å². The standard InChI is InChI=1S/C14H15BrClF2N/c15-11-1-2-12(16)10-7-19(6-3-9(10)11)8-14(4-5-14)13(17)18/h1-2,13H,3-8H2. The molecule has 104 valence electrons. The van der Waals surface area contributed by atoms with E-state index in [2.05, 4.69) is 20.8 Å². The average molecular weight is 351 g/mol. The Hall–Kier alpha value is -0.190. The van der Waals surface area contributed by atoms with E-state index in [1.165, 1.54) is 5.56 Å². The van der Waals surface area contributed by atoms with Gasteiger partial charge in [0.05, 0.1) is 0 Å². The Kier molecular flexibility index (Phi) is 3.61. The zero-order chi connectivity index (χ0) is 13.6. The van der Waals surface area contributed by atoms with E-state index in [1.807, 2.05) is 12.1 Å².